The van der Waals surface area contributed by atoms with Gasteiger partial charge in [-0.1, -0.05) is 24.3 Å². The summed E-state index contributed by atoms with van der Waals surface area (Å²) in [7, 11) is 0. The number of aromatic nitrogens is 2. The standard InChI is InChI=1S/C19H14F3N3O3/c20-19(21,22)15-10-28-18(27)25(15)16-6-5-11(9-23-16)7-13-8-12-3-1-2-4-14(12)24-17(13)26/h1-6,8-9,15H,7,10H2,(H,24,26)/t15-/m0/s1. The third-order valence-corrected chi connectivity index (χ3v) is 4.53. The number of hydrogen-bond acceptors (Lipinski definition) is 4. The summed E-state index contributed by atoms with van der Waals surface area (Å²) in [6, 6.07) is 9.88. The fourth-order valence-electron chi connectivity index (χ4n) is 3.12. The first kappa shape index (κ1) is 18.0. The first-order chi connectivity index (χ1) is 13.3. The summed E-state index contributed by atoms with van der Waals surface area (Å²) in [5.41, 5.74) is 1.60. The van der Waals surface area contributed by atoms with Crippen LogP contribution in [0.5, 0.6) is 0 Å². The molecule has 3 aromatic rings. The maximum absolute atomic E-state index is 13.1. The number of benzene rings is 1. The van der Waals surface area contributed by atoms with Crippen molar-refractivity contribution in [2.45, 2.75) is 18.6 Å². The van der Waals surface area contributed by atoms with Crippen LogP contribution in [0.1, 0.15) is 11.1 Å². The molecule has 1 saturated heterocycles. The zero-order chi connectivity index (χ0) is 19.9. The summed E-state index contributed by atoms with van der Waals surface area (Å²) < 4.78 is 43.7. The number of para-hydroxylation sites is 1. The van der Waals surface area contributed by atoms with E-state index >= 15 is 0 Å². The molecule has 2 aromatic heterocycles. The highest BCUT2D eigenvalue weighted by Crippen LogP contribution is 2.32. The Bertz CT molecular complexity index is 1090. The second-order valence-corrected chi connectivity index (χ2v) is 6.42. The molecule has 6 nitrogen and oxygen atoms in total. The predicted octanol–water partition coefficient (Wildman–Crippen LogP) is 3.40. The number of rotatable bonds is 3. The number of fused-ring (bicyclic) bond motifs is 1. The van der Waals surface area contributed by atoms with Crippen molar-refractivity contribution in [1.29, 1.82) is 0 Å². The zero-order valence-corrected chi connectivity index (χ0v) is 14.4. The van der Waals surface area contributed by atoms with E-state index in [9.17, 15) is 22.8 Å². The minimum Gasteiger partial charge on any atom is -0.447 e. The van der Waals surface area contributed by atoms with Crippen LogP contribution < -0.4 is 10.5 Å². The van der Waals surface area contributed by atoms with Crippen molar-refractivity contribution >= 4 is 22.8 Å². The van der Waals surface area contributed by atoms with E-state index in [0.717, 1.165) is 10.9 Å². The summed E-state index contributed by atoms with van der Waals surface area (Å²) in [5, 5.41) is 0.870. The Morgan fingerprint density at radius 3 is 2.68 bits per heavy atom. The Balaban J connectivity index is 1.60. The number of anilines is 1. The van der Waals surface area contributed by atoms with Crippen molar-refractivity contribution in [2.24, 2.45) is 0 Å². The van der Waals surface area contributed by atoms with E-state index in [0.29, 0.717) is 16.0 Å². The van der Waals surface area contributed by atoms with Gasteiger partial charge in [-0.3, -0.25) is 4.79 Å². The minimum atomic E-state index is -4.62. The van der Waals surface area contributed by atoms with Crippen LogP contribution in [0, 0.1) is 0 Å². The van der Waals surface area contributed by atoms with Crippen molar-refractivity contribution in [3.63, 3.8) is 0 Å². The molecule has 1 N–H and O–H groups in total. The lowest BCUT2D eigenvalue weighted by atomic mass is 10.1. The molecule has 1 aliphatic rings. The maximum Gasteiger partial charge on any atom is 0.416 e. The number of ether oxygens (including phenoxy) is 1. The number of hydrogen-bond donors (Lipinski definition) is 1. The molecule has 0 spiro atoms. The maximum atomic E-state index is 13.1. The molecule has 0 unspecified atom stereocenters. The topological polar surface area (TPSA) is 75.3 Å². The minimum absolute atomic E-state index is 0.152. The van der Waals surface area contributed by atoms with E-state index in [4.69, 9.17) is 0 Å². The van der Waals surface area contributed by atoms with Crippen LogP contribution in [0.25, 0.3) is 10.9 Å². The van der Waals surface area contributed by atoms with E-state index in [1.165, 1.54) is 18.3 Å². The number of carbonyl (C=O) groups is 1. The first-order valence-electron chi connectivity index (χ1n) is 8.41. The van der Waals surface area contributed by atoms with Crippen LogP contribution in [0.3, 0.4) is 0 Å². The number of halogens is 3. The van der Waals surface area contributed by atoms with Gasteiger partial charge in [0.2, 0.25) is 0 Å². The van der Waals surface area contributed by atoms with Crippen molar-refractivity contribution in [3.8, 4) is 0 Å². The monoisotopic (exact) mass is 389 g/mol. The largest absolute Gasteiger partial charge is 0.447 e. The van der Waals surface area contributed by atoms with E-state index in [-0.39, 0.29) is 17.8 Å². The molecule has 1 aromatic carbocycles. The number of carbonyl (C=O) groups excluding carboxylic acids is 1. The molecule has 1 amide bonds. The Morgan fingerprint density at radius 1 is 1.18 bits per heavy atom. The second-order valence-electron chi connectivity index (χ2n) is 6.42. The van der Waals surface area contributed by atoms with Gasteiger partial charge in [-0.15, -0.1) is 0 Å². The molecule has 28 heavy (non-hydrogen) atoms. The molecule has 0 bridgehead atoms. The average molecular weight is 389 g/mol. The highest BCUT2D eigenvalue weighted by Gasteiger charge is 2.51. The molecule has 1 atom stereocenters. The van der Waals surface area contributed by atoms with Crippen LogP contribution in [0.15, 0.2) is 53.5 Å². The molecule has 0 saturated carbocycles. The molecule has 9 heteroatoms. The number of cyclic esters (lactones) is 1. The van der Waals surface area contributed by atoms with Gasteiger partial charge in [0.1, 0.15) is 12.4 Å². The van der Waals surface area contributed by atoms with Crippen LogP contribution >= 0.6 is 0 Å². The average Bonchev–Trinajstić information content (AvgIpc) is 3.05. The van der Waals surface area contributed by atoms with Gasteiger partial charge in [-0.05, 0) is 29.1 Å². The Labute approximate surface area is 156 Å². The van der Waals surface area contributed by atoms with Gasteiger partial charge in [0, 0.05) is 23.7 Å². The summed E-state index contributed by atoms with van der Waals surface area (Å²) >= 11 is 0. The molecular weight excluding hydrogens is 375 g/mol. The third kappa shape index (κ3) is 3.30. The second kappa shape index (κ2) is 6.66. The number of nitrogens with one attached hydrogen (secondary N) is 1. The molecule has 1 aliphatic heterocycles. The Hall–Kier alpha value is -3.36. The molecule has 3 heterocycles. The van der Waals surface area contributed by atoms with E-state index in [1.807, 2.05) is 18.2 Å². The van der Waals surface area contributed by atoms with Gasteiger partial charge in [0.05, 0.1) is 0 Å². The van der Waals surface area contributed by atoms with Crippen LogP contribution in [0.4, 0.5) is 23.8 Å². The van der Waals surface area contributed by atoms with Crippen LogP contribution in [-0.2, 0) is 11.2 Å². The van der Waals surface area contributed by atoms with Gasteiger partial charge >= 0.3 is 12.3 Å². The first-order valence-corrected chi connectivity index (χ1v) is 8.41. The summed E-state index contributed by atoms with van der Waals surface area (Å²) in [5.74, 6) is -0.152. The lowest BCUT2D eigenvalue weighted by Crippen LogP contribution is -2.44. The van der Waals surface area contributed by atoms with Crippen LogP contribution in [-0.4, -0.2) is 34.9 Å². The highest BCUT2D eigenvalue weighted by molar-refractivity contribution is 5.89. The fraction of sp³-hybridized carbons (Fsp3) is 0.211. The van der Waals surface area contributed by atoms with E-state index in [1.54, 1.807) is 12.1 Å². The number of alkyl halides is 3. The number of aromatic amines is 1. The molecule has 0 radical (unpaired) electrons. The number of H-pyrrole nitrogens is 1. The molecule has 144 valence electrons. The third-order valence-electron chi connectivity index (χ3n) is 4.53. The molecule has 4 rings (SSSR count). The van der Waals surface area contributed by atoms with Gasteiger partial charge < -0.3 is 9.72 Å². The summed E-state index contributed by atoms with van der Waals surface area (Å²) in [6.45, 7) is -0.766. The Morgan fingerprint density at radius 2 is 1.96 bits per heavy atom. The van der Waals surface area contributed by atoms with Crippen molar-refractivity contribution in [3.05, 3.63) is 70.1 Å². The molecule has 0 aliphatic carbocycles. The zero-order valence-electron chi connectivity index (χ0n) is 14.4. The highest BCUT2D eigenvalue weighted by atomic mass is 19.4. The van der Waals surface area contributed by atoms with Crippen molar-refractivity contribution in [1.82, 2.24) is 9.97 Å². The summed E-state index contributed by atoms with van der Waals surface area (Å²) in [6.07, 6.45) is -4.11. The normalized spacial score (nSPS) is 17.2. The SMILES string of the molecule is O=C1OC[C@@H](C(F)(F)F)N1c1ccc(Cc2cc3ccccc3[nH]c2=O)cn1. The van der Waals surface area contributed by atoms with E-state index < -0.39 is 24.9 Å². The van der Waals surface area contributed by atoms with Gasteiger partial charge in [-0.25, -0.2) is 14.7 Å². The van der Waals surface area contributed by atoms with Gasteiger partial charge in [0.25, 0.3) is 5.56 Å². The van der Waals surface area contributed by atoms with Gasteiger partial charge in [0.15, 0.2) is 6.04 Å². The molecule has 1 fully saturated rings. The number of nitrogens with zero attached hydrogens (tertiary/aromatic N) is 2. The van der Waals surface area contributed by atoms with E-state index in [2.05, 4.69) is 14.7 Å². The van der Waals surface area contributed by atoms with Gasteiger partial charge in [-0.2, -0.15) is 13.2 Å². The Kier molecular flexibility index (Phi) is 4.29. The predicted molar refractivity (Wildman–Crippen MR) is 95.3 cm³/mol. The molecular formula is C19H14F3N3O3. The lowest BCUT2D eigenvalue weighted by molar-refractivity contribution is -0.147. The summed E-state index contributed by atoms with van der Waals surface area (Å²) in [4.78, 5) is 31.2. The number of pyridine rings is 2. The van der Waals surface area contributed by atoms with Crippen LogP contribution in [0.2, 0.25) is 0 Å². The van der Waals surface area contributed by atoms with Crippen molar-refractivity contribution < 1.29 is 22.7 Å². The lowest BCUT2D eigenvalue weighted by Gasteiger charge is -2.22. The van der Waals surface area contributed by atoms with Crippen molar-refractivity contribution in [2.75, 3.05) is 11.5 Å². The quantitative estimate of drug-likeness (QED) is 0.745. The fourth-order valence-corrected chi connectivity index (χ4v) is 3.12. The smallest absolute Gasteiger partial charge is 0.416 e. The number of amides is 1.